The number of aliphatic imine (C=N–C) groups is 1. The van der Waals surface area contributed by atoms with Gasteiger partial charge in [-0.1, -0.05) is 0 Å². The Balaban J connectivity index is 2.10. The molecule has 0 amide bonds. The lowest BCUT2D eigenvalue weighted by Crippen LogP contribution is -2.26. The van der Waals surface area contributed by atoms with E-state index in [1.807, 2.05) is 12.4 Å². The molecule has 0 atom stereocenters. The number of benzene rings is 1. The van der Waals surface area contributed by atoms with Gasteiger partial charge in [0.25, 0.3) is 0 Å². The normalized spacial score (nSPS) is 12.4. The van der Waals surface area contributed by atoms with Gasteiger partial charge in [-0.15, -0.1) is 0 Å². The summed E-state index contributed by atoms with van der Waals surface area (Å²) in [4.78, 5) is 14.1. The van der Waals surface area contributed by atoms with E-state index in [1.165, 1.54) is 18.3 Å². The van der Waals surface area contributed by atoms with Gasteiger partial charge in [0.15, 0.2) is 11.6 Å². The molecule has 0 saturated heterocycles. The number of ether oxygens (including phenoxy) is 1. The predicted octanol–water partition coefficient (Wildman–Crippen LogP) is 3.09. The van der Waals surface area contributed by atoms with Crippen molar-refractivity contribution in [2.24, 2.45) is 15.2 Å². The summed E-state index contributed by atoms with van der Waals surface area (Å²) in [6.45, 7) is 4.04. The Morgan fingerprint density at radius 3 is 2.65 bits per heavy atom. The molecule has 1 heterocycles. The third-order valence-corrected chi connectivity index (χ3v) is 3.02. The van der Waals surface area contributed by atoms with Crippen molar-refractivity contribution < 1.29 is 19.3 Å². The molecule has 0 spiro atoms. The quantitative estimate of drug-likeness (QED) is 0.337. The van der Waals surface area contributed by atoms with E-state index in [1.54, 1.807) is 31.2 Å². The van der Waals surface area contributed by atoms with Crippen LogP contribution in [-0.2, 0) is 0 Å². The first-order valence-corrected chi connectivity index (χ1v) is 7.57. The van der Waals surface area contributed by atoms with Gasteiger partial charge in [0, 0.05) is 0 Å². The van der Waals surface area contributed by atoms with Gasteiger partial charge < -0.3 is 9.15 Å². The van der Waals surface area contributed by atoms with Crippen LogP contribution in [0.1, 0.15) is 19.6 Å². The summed E-state index contributed by atoms with van der Waals surface area (Å²) in [5.74, 6) is 0.598. The third kappa shape index (κ3) is 5.24. The Labute approximate surface area is 148 Å². The molecule has 10 heteroatoms. The van der Waals surface area contributed by atoms with E-state index in [0.717, 1.165) is 0 Å². The molecule has 136 valence electrons. The second kappa shape index (κ2) is 9.08. The highest BCUT2D eigenvalue weighted by molar-refractivity contribution is 6.40. The smallest absolute Gasteiger partial charge is 0.433 e. The number of nitrogens with zero attached hydrogens (tertiary/aromatic N) is 4. The first-order chi connectivity index (χ1) is 12.5. The largest absolute Gasteiger partial charge is 0.494 e. The summed E-state index contributed by atoms with van der Waals surface area (Å²) in [6.07, 6.45) is 1.21. The molecule has 0 aliphatic heterocycles. The van der Waals surface area contributed by atoms with Gasteiger partial charge in [-0.05, 0) is 44.2 Å². The summed E-state index contributed by atoms with van der Waals surface area (Å²) in [6, 6.07) is 9.57. The summed E-state index contributed by atoms with van der Waals surface area (Å²) in [5.41, 5.74) is 2.82. The standard InChI is InChI=1S/C16H17N5O5/c1-3-25-13-6-4-12(5-7-13)18-16(20-22)11(2)19-17-10-14-8-9-15(26-14)21(23)24/h4-10,22H,3H2,1-2H3,(H,18,20)/b17-10-,19-11+. The molecule has 1 aromatic carbocycles. The van der Waals surface area contributed by atoms with Crippen molar-refractivity contribution in [1.82, 2.24) is 5.48 Å². The van der Waals surface area contributed by atoms with Gasteiger partial charge in [-0.25, -0.2) is 4.99 Å². The van der Waals surface area contributed by atoms with Crippen molar-refractivity contribution in [3.8, 4) is 5.75 Å². The molecule has 2 rings (SSSR count). The molecule has 10 nitrogen and oxygen atoms in total. The van der Waals surface area contributed by atoms with E-state index in [0.29, 0.717) is 23.8 Å². The van der Waals surface area contributed by atoms with E-state index in [4.69, 9.17) is 9.15 Å². The van der Waals surface area contributed by atoms with E-state index < -0.39 is 4.92 Å². The summed E-state index contributed by atoms with van der Waals surface area (Å²) in [7, 11) is 0. The van der Waals surface area contributed by atoms with Crippen molar-refractivity contribution in [2.75, 3.05) is 6.61 Å². The molecule has 0 aliphatic rings. The Morgan fingerprint density at radius 2 is 2.08 bits per heavy atom. The van der Waals surface area contributed by atoms with E-state index in [2.05, 4.69) is 15.2 Å². The molecule has 0 unspecified atom stereocenters. The average Bonchev–Trinajstić information content (AvgIpc) is 3.10. The van der Waals surface area contributed by atoms with Crippen LogP contribution in [0.5, 0.6) is 5.75 Å². The number of rotatable bonds is 7. The fraction of sp³-hybridized carbons (Fsp3) is 0.188. The van der Waals surface area contributed by atoms with Crippen molar-refractivity contribution in [3.63, 3.8) is 0 Å². The zero-order valence-corrected chi connectivity index (χ0v) is 14.1. The topological polar surface area (TPSA) is 135 Å². The summed E-state index contributed by atoms with van der Waals surface area (Å²) < 4.78 is 10.3. The highest BCUT2D eigenvalue weighted by Crippen LogP contribution is 2.18. The Kier molecular flexibility index (Phi) is 6.57. The highest BCUT2D eigenvalue weighted by Gasteiger charge is 2.10. The lowest BCUT2D eigenvalue weighted by atomic mass is 10.3. The second-order valence-corrected chi connectivity index (χ2v) is 4.86. The lowest BCUT2D eigenvalue weighted by molar-refractivity contribution is -0.402. The Bertz CT molecular complexity index is 839. The molecular weight excluding hydrogens is 342 g/mol. The zero-order chi connectivity index (χ0) is 18.9. The number of furan rings is 1. The SMILES string of the molecule is CCOc1ccc(N=C(NO)/C(C)=N/N=C\c2ccc([N+](=O)[O-])o2)cc1. The van der Waals surface area contributed by atoms with Crippen LogP contribution in [0.2, 0.25) is 0 Å². The van der Waals surface area contributed by atoms with Crippen LogP contribution in [0.3, 0.4) is 0 Å². The van der Waals surface area contributed by atoms with Crippen LogP contribution < -0.4 is 10.2 Å². The van der Waals surface area contributed by atoms with Gasteiger partial charge in [0.2, 0.25) is 0 Å². The molecule has 2 aromatic rings. The van der Waals surface area contributed by atoms with Crippen molar-refractivity contribution >= 4 is 29.3 Å². The third-order valence-electron chi connectivity index (χ3n) is 3.02. The minimum atomic E-state index is -0.650. The molecule has 0 saturated carbocycles. The van der Waals surface area contributed by atoms with Gasteiger partial charge in [-0.2, -0.15) is 10.2 Å². The maximum absolute atomic E-state index is 10.5. The van der Waals surface area contributed by atoms with Crippen LogP contribution >= 0.6 is 0 Å². The van der Waals surface area contributed by atoms with E-state index >= 15 is 0 Å². The minimum absolute atomic E-state index is 0.0942. The van der Waals surface area contributed by atoms with Crippen LogP contribution in [0.4, 0.5) is 11.6 Å². The molecule has 1 aromatic heterocycles. The number of nitrogens with one attached hydrogen (secondary N) is 1. The Hall–Kier alpha value is -3.53. The number of hydroxylamine groups is 1. The van der Waals surface area contributed by atoms with E-state index in [-0.39, 0.29) is 17.5 Å². The van der Waals surface area contributed by atoms with Crippen LogP contribution in [0, 0.1) is 10.1 Å². The van der Waals surface area contributed by atoms with Gasteiger partial charge >= 0.3 is 5.88 Å². The fourth-order valence-corrected chi connectivity index (χ4v) is 1.83. The van der Waals surface area contributed by atoms with E-state index in [9.17, 15) is 15.3 Å². The van der Waals surface area contributed by atoms with Crippen molar-refractivity contribution in [3.05, 3.63) is 52.3 Å². The number of nitro groups is 1. The zero-order valence-electron chi connectivity index (χ0n) is 14.1. The minimum Gasteiger partial charge on any atom is -0.494 e. The van der Waals surface area contributed by atoms with Gasteiger partial charge in [-0.3, -0.25) is 20.8 Å². The molecule has 2 N–H and O–H groups in total. The van der Waals surface area contributed by atoms with Gasteiger partial charge in [0.05, 0.1) is 24.6 Å². The van der Waals surface area contributed by atoms with Crippen molar-refractivity contribution in [2.45, 2.75) is 13.8 Å². The fourth-order valence-electron chi connectivity index (χ4n) is 1.83. The maximum Gasteiger partial charge on any atom is 0.433 e. The van der Waals surface area contributed by atoms with Crippen LogP contribution in [0.25, 0.3) is 0 Å². The molecule has 0 radical (unpaired) electrons. The first kappa shape index (κ1) is 18.8. The number of hydrogen-bond acceptors (Lipinski definition) is 8. The monoisotopic (exact) mass is 359 g/mol. The van der Waals surface area contributed by atoms with Crippen LogP contribution in [0.15, 0.2) is 56.0 Å². The molecule has 26 heavy (non-hydrogen) atoms. The summed E-state index contributed by atoms with van der Waals surface area (Å²) >= 11 is 0. The van der Waals surface area contributed by atoms with Gasteiger partial charge in [0.1, 0.15) is 16.4 Å². The Morgan fingerprint density at radius 1 is 1.35 bits per heavy atom. The van der Waals surface area contributed by atoms with Crippen molar-refractivity contribution in [1.29, 1.82) is 0 Å². The first-order valence-electron chi connectivity index (χ1n) is 7.57. The molecule has 0 fully saturated rings. The molecule has 0 aliphatic carbocycles. The maximum atomic E-state index is 10.5. The lowest BCUT2D eigenvalue weighted by Gasteiger charge is -2.05. The second-order valence-electron chi connectivity index (χ2n) is 4.86. The highest BCUT2D eigenvalue weighted by atomic mass is 16.6. The van der Waals surface area contributed by atoms with Crippen LogP contribution in [-0.4, -0.2) is 34.5 Å². The molecular formula is C16H17N5O5. The number of hydrogen-bond donors (Lipinski definition) is 2. The summed E-state index contributed by atoms with van der Waals surface area (Å²) in [5, 5.41) is 27.4. The molecule has 0 bridgehead atoms. The average molecular weight is 359 g/mol. The predicted molar refractivity (Wildman–Crippen MR) is 95.7 cm³/mol. The number of amidine groups is 1.